The molecule has 1 heteroatoms. The second-order valence-electron chi connectivity index (χ2n) is 5.42. The van der Waals surface area contributed by atoms with E-state index in [2.05, 4.69) is 66.7 Å². The zero-order chi connectivity index (χ0) is 14.9. The lowest BCUT2D eigenvalue weighted by Crippen LogP contribution is -1.85. The van der Waals surface area contributed by atoms with Gasteiger partial charge in [0.15, 0.2) is 0 Å². The fraction of sp³-hybridized carbons (Fsp3) is 0.0476. The topological polar surface area (TPSA) is 9.23 Å². The number of rotatable bonds is 2. The summed E-state index contributed by atoms with van der Waals surface area (Å²) in [6.45, 7) is 0. The summed E-state index contributed by atoms with van der Waals surface area (Å²) < 4.78 is 5.25. The first kappa shape index (κ1) is 12.9. The van der Waals surface area contributed by atoms with Crippen molar-refractivity contribution in [3.8, 4) is 16.9 Å². The molecule has 22 heavy (non-hydrogen) atoms. The fourth-order valence-corrected chi connectivity index (χ4v) is 3.06. The summed E-state index contributed by atoms with van der Waals surface area (Å²) in [5.74, 6) is 0.884. The van der Waals surface area contributed by atoms with Gasteiger partial charge in [0.1, 0.15) is 5.75 Å². The van der Waals surface area contributed by atoms with E-state index in [1.54, 1.807) is 7.11 Å². The van der Waals surface area contributed by atoms with Crippen LogP contribution >= 0.6 is 0 Å². The average Bonchev–Trinajstić information content (AvgIpc) is 2.61. The molecule has 4 rings (SSSR count). The second-order valence-corrected chi connectivity index (χ2v) is 5.42. The van der Waals surface area contributed by atoms with Gasteiger partial charge in [-0.3, -0.25) is 0 Å². The molecule has 0 aliphatic rings. The molecule has 0 aliphatic carbocycles. The normalized spacial score (nSPS) is 11.0. The van der Waals surface area contributed by atoms with Crippen molar-refractivity contribution in [1.29, 1.82) is 0 Å². The van der Waals surface area contributed by atoms with Gasteiger partial charge in [-0.1, -0.05) is 66.7 Å². The molecule has 0 fully saturated rings. The zero-order valence-electron chi connectivity index (χ0n) is 12.4. The predicted molar refractivity (Wildman–Crippen MR) is 93.4 cm³/mol. The molecule has 0 unspecified atom stereocenters. The Bertz CT molecular complexity index is 952. The first-order chi connectivity index (χ1) is 10.9. The molecule has 0 aromatic heterocycles. The van der Waals surface area contributed by atoms with Gasteiger partial charge >= 0.3 is 0 Å². The summed E-state index contributed by atoms with van der Waals surface area (Å²) in [4.78, 5) is 0. The predicted octanol–water partition coefficient (Wildman–Crippen LogP) is 5.67. The first-order valence-corrected chi connectivity index (χ1v) is 7.42. The maximum atomic E-state index is 5.25. The van der Waals surface area contributed by atoms with Crippen LogP contribution in [0.5, 0.6) is 5.75 Å². The van der Waals surface area contributed by atoms with Gasteiger partial charge in [-0.2, -0.15) is 0 Å². The molecular weight excluding hydrogens is 268 g/mol. The lowest BCUT2D eigenvalue weighted by atomic mass is 9.95. The van der Waals surface area contributed by atoms with E-state index >= 15 is 0 Å². The molecule has 0 bridgehead atoms. The van der Waals surface area contributed by atoms with Crippen molar-refractivity contribution in [2.75, 3.05) is 7.11 Å². The number of methoxy groups -OCH3 is 1. The molecule has 0 aliphatic heterocycles. The highest BCUT2D eigenvalue weighted by Crippen LogP contribution is 2.33. The van der Waals surface area contributed by atoms with Crippen LogP contribution in [0.25, 0.3) is 32.7 Å². The summed E-state index contributed by atoms with van der Waals surface area (Å²) >= 11 is 0. The third-order valence-corrected chi connectivity index (χ3v) is 4.19. The molecule has 0 amide bonds. The van der Waals surface area contributed by atoms with E-state index < -0.39 is 0 Å². The Kier molecular flexibility index (Phi) is 3.05. The minimum atomic E-state index is 0.884. The lowest BCUT2D eigenvalue weighted by Gasteiger charge is -2.10. The van der Waals surface area contributed by atoms with Crippen molar-refractivity contribution in [1.82, 2.24) is 0 Å². The Labute approximate surface area is 129 Å². The second kappa shape index (κ2) is 5.19. The van der Waals surface area contributed by atoms with Gasteiger partial charge in [0.25, 0.3) is 0 Å². The van der Waals surface area contributed by atoms with Crippen molar-refractivity contribution in [2.45, 2.75) is 0 Å². The molecule has 0 spiro atoms. The Morgan fingerprint density at radius 2 is 1.36 bits per heavy atom. The third-order valence-electron chi connectivity index (χ3n) is 4.19. The molecule has 4 aromatic carbocycles. The summed E-state index contributed by atoms with van der Waals surface area (Å²) in [5, 5.41) is 5.16. The van der Waals surface area contributed by atoms with Gasteiger partial charge in [-0.25, -0.2) is 0 Å². The van der Waals surface area contributed by atoms with E-state index in [1.807, 2.05) is 12.1 Å². The molecule has 0 radical (unpaired) electrons. The van der Waals surface area contributed by atoms with Crippen molar-refractivity contribution in [3.63, 3.8) is 0 Å². The fourth-order valence-electron chi connectivity index (χ4n) is 3.06. The van der Waals surface area contributed by atoms with Crippen LogP contribution in [-0.4, -0.2) is 7.11 Å². The smallest absolute Gasteiger partial charge is 0.118 e. The van der Waals surface area contributed by atoms with Crippen molar-refractivity contribution >= 4 is 21.5 Å². The molecule has 4 aromatic rings. The first-order valence-electron chi connectivity index (χ1n) is 7.42. The Balaban J connectivity index is 1.99. The SMILES string of the molecule is COc1ccc(-c2cccc3c2ccc2ccccc23)cc1. The van der Waals surface area contributed by atoms with Crippen molar-refractivity contribution in [2.24, 2.45) is 0 Å². The highest BCUT2D eigenvalue weighted by Gasteiger charge is 2.06. The number of benzene rings is 4. The van der Waals surface area contributed by atoms with Crippen LogP contribution in [0, 0.1) is 0 Å². The molecule has 106 valence electrons. The van der Waals surface area contributed by atoms with E-state index in [1.165, 1.54) is 32.7 Å². The Hall–Kier alpha value is -2.80. The monoisotopic (exact) mass is 284 g/mol. The van der Waals surface area contributed by atoms with Gasteiger partial charge in [0, 0.05) is 0 Å². The van der Waals surface area contributed by atoms with Crippen LogP contribution in [0.1, 0.15) is 0 Å². The molecule has 0 heterocycles. The molecule has 0 N–H and O–H groups in total. The molecule has 0 saturated heterocycles. The van der Waals surface area contributed by atoms with Crippen molar-refractivity contribution < 1.29 is 4.74 Å². The van der Waals surface area contributed by atoms with E-state index in [9.17, 15) is 0 Å². The van der Waals surface area contributed by atoms with Gasteiger partial charge in [-0.05, 0) is 44.8 Å². The minimum absolute atomic E-state index is 0.884. The van der Waals surface area contributed by atoms with Gasteiger partial charge in [0.2, 0.25) is 0 Å². The highest BCUT2D eigenvalue weighted by molar-refractivity contribution is 6.11. The summed E-state index contributed by atoms with van der Waals surface area (Å²) in [6, 6.07) is 27.7. The standard InChI is InChI=1S/C21H16O/c1-22-17-12-9-16(10-13-17)19-7-4-8-20-18-6-3-2-5-15(18)11-14-21(19)20/h2-14H,1H3. The zero-order valence-corrected chi connectivity index (χ0v) is 12.4. The van der Waals surface area contributed by atoms with E-state index in [4.69, 9.17) is 4.74 Å². The quantitative estimate of drug-likeness (QED) is 0.431. The average molecular weight is 284 g/mol. The lowest BCUT2D eigenvalue weighted by molar-refractivity contribution is 0.415. The van der Waals surface area contributed by atoms with E-state index in [0.29, 0.717) is 0 Å². The van der Waals surface area contributed by atoms with E-state index in [0.717, 1.165) is 5.75 Å². The van der Waals surface area contributed by atoms with Gasteiger partial charge < -0.3 is 4.74 Å². The molecular formula is C21H16O. The number of fused-ring (bicyclic) bond motifs is 3. The number of hydrogen-bond acceptors (Lipinski definition) is 1. The number of hydrogen-bond donors (Lipinski definition) is 0. The summed E-state index contributed by atoms with van der Waals surface area (Å²) in [6.07, 6.45) is 0. The highest BCUT2D eigenvalue weighted by atomic mass is 16.5. The maximum absolute atomic E-state index is 5.25. The summed E-state index contributed by atoms with van der Waals surface area (Å²) in [5.41, 5.74) is 2.47. The minimum Gasteiger partial charge on any atom is -0.497 e. The van der Waals surface area contributed by atoms with Crippen LogP contribution in [0.4, 0.5) is 0 Å². The Morgan fingerprint density at radius 1 is 0.591 bits per heavy atom. The van der Waals surface area contributed by atoms with Crippen LogP contribution in [-0.2, 0) is 0 Å². The van der Waals surface area contributed by atoms with Crippen molar-refractivity contribution in [3.05, 3.63) is 78.9 Å². The molecule has 0 saturated carbocycles. The largest absolute Gasteiger partial charge is 0.497 e. The summed E-state index contributed by atoms with van der Waals surface area (Å²) in [7, 11) is 1.69. The molecule has 0 atom stereocenters. The number of ether oxygens (including phenoxy) is 1. The van der Waals surface area contributed by atoms with E-state index in [-0.39, 0.29) is 0 Å². The Morgan fingerprint density at radius 3 is 2.18 bits per heavy atom. The van der Waals surface area contributed by atoms with Crippen LogP contribution < -0.4 is 4.74 Å². The van der Waals surface area contributed by atoms with Gasteiger partial charge in [-0.15, -0.1) is 0 Å². The van der Waals surface area contributed by atoms with Crippen LogP contribution in [0.15, 0.2) is 78.9 Å². The maximum Gasteiger partial charge on any atom is 0.118 e. The van der Waals surface area contributed by atoms with Gasteiger partial charge in [0.05, 0.1) is 7.11 Å². The third kappa shape index (κ3) is 2.03. The van der Waals surface area contributed by atoms with Crippen LogP contribution in [0.2, 0.25) is 0 Å². The van der Waals surface area contributed by atoms with Crippen LogP contribution in [0.3, 0.4) is 0 Å². The molecule has 1 nitrogen and oxygen atoms in total.